The van der Waals surface area contributed by atoms with E-state index < -0.39 is 10.7 Å². The van der Waals surface area contributed by atoms with E-state index in [9.17, 15) is 14.5 Å². The highest BCUT2D eigenvalue weighted by atomic mass is 79.9. The quantitative estimate of drug-likeness (QED) is 0.600. The maximum atomic E-state index is 14.1. The molecule has 5 nitrogen and oxygen atoms in total. The lowest BCUT2D eigenvalue weighted by Crippen LogP contribution is -2.46. The van der Waals surface area contributed by atoms with Gasteiger partial charge in [-0.3, -0.25) is 10.1 Å². The predicted molar refractivity (Wildman–Crippen MR) is 91.6 cm³/mol. The molecule has 1 fully saturated rings. The second-order valence-corrected chi connectivity index (χ2v) is 6.26. The second-order valence-electron chi connectivity index (χ2n) is 5.34. The van der Waals surface area contributed by atoms with E-state index in [1.807, 2.05) is 29.2 Å². The first-order valence-corrected chi connectivity index (χ1v) is 8.03. The molecule has 2 aromatic carbocycles. The van der Waals surface area contributed by atoms with Gasteiger partial charge in [-0.1, -0.05) is 15.9 Å². The van der Waals surface area contributed by atoms with Gasteiger partial charge in [-0.15, -0.1) is 0 Å². The molecule has 0 atom stereocenters. The van der Waals surface area contributed by atoms with Crippen LogP contribution in [-0.4, -0.2) is 31.1 Å². The molecule has 120 valence electrons. The lowest BCUT2D eigenvalue weighted by molar-refractivity contribution is -0.385. The minimum atomic E-state index is -0.585. The van der Waals surface area contributed by atoms with E-state index in [1.165, 1.54) is 12.1 Å². The summed E-state index contributed by atoms with van der Waals surface area (Å²) in [6.07, 6.45) is 0. The van der Waals surface area contributed by atoms with Crippen LogP contribution in [0.15, 0.2) is 46.9 Å². The molecule has 0 N–H and O–H groups in total. The third kappa shape index (κ3) is 3.44. The van der Waals surface area contributed by atoms with Crippen LogP contribution in [0.25, 0.3) is 0 Å². The van der Waals surface area contributed by atoms with Gasteiger partial charge in [0.15, 0.2) is 5.82 Å². The normalized spacial score (nSPS) is 14.9. The molecule has 1 saturated heterocycles. The highest BCUT2D eigenvalue weighted by Crippen LogP contribution is 2.26. The Balaban J connectivity index is 1.69. The van der Waals surface area contributed by atoms with Gasteiger partial charge in [-0.2, -0.15) is 0 Å². The zero-order valence-corrected chi connectivity index (χ0v) is 13.9. The Morgan fingerprint density at radius 3 is 2.17 bits per heavy atom. The third-order valence-electron chi connectivity index (χ3n) is 3.95. The van der Waals surface area contributed by atoms with Gasteiger partial charge in [0.2, 0.25) is 0 Å². The summed E-state index contributed by atoms with van der Waals surface area (Å²) < 4.78 is 15.1. The second kappa shape index (κ2) is 6.54. The SMILES string of the molecule is O=[N+]([O-])c1ccc(N2CCN(c3ccc(Br)cc3)CC2)c(F)c1. The van der Waals surface area contributed by atoms with Crippen LogP contribution in [0.2, 0.25) is 0 Å². The Morgan fingerprint density at radius 1 is 1.00 bits per heavy atom. The van der Waals surface area contributed by atoms with Crippen molar-refractivity contribution >= 4 is 33.0 Å². The average Bonchev–Trinajstić information content (AvgIpc) is 2.56. The Bertz CT molecular complexity index is 716. The van der Waals surface area contributed by atoms with Crippen LogP contribution in [0.4, 0.5) is 21.5 Å². The molecular formula is C16H15BrFN3O2. The number of benzene rings is 2. The number of non-ortho nitro benzene ring substituents is 1. The first kappa shape index (κ1) is 15.7. The van der Waals surface area contributed by atoms with E-state index in [2.05, 4.69) is 20.8 Å². The van der Waals surface area contributed by atoms with Crippen molar-refractivity contribution in [1.82, 2.24) is 0 Å². The zero-order chi connectivity index (χ0) is 16.4. The number of nitro benzene ring substituents is 1. The number of anilines is 2. The molecule has 0 spiro atoms. The summed E-state index contributed by atoms with van der Waals surface area (Å²) in [5, 5.41) is 10.7. The van der Waals surface area contributed by atoms with Gasteiger partial charge in [-0.05, 0) is 30.3 Å². The monoisotopic (exact) mass is 379 g/mol. The minimum Gasteiger partial charge on any atom is -0.368 e. The first-order chi connectivity index (χ1) is 11.0. The van der Waals surface area contributed by atoms with E-state index >= 15 is 0 Å². The number of piperazine rings is 1. The molecule has 0 saturated carbocycles. The molecule has 1 aliphatic heterocycles. The van der Waals surface area contributed by atoms with Gasteiger partial charge in [0.05, 0.1) is 16.7 Å². The summed E-state index contributed by atoms with van der Waals surface area (Å²) in [7, 11) is 0. The molecule has 0 aromatic heterocycles. The zero-order valence-electron chi connectivity index (χ0n) is 12.3. The highest BCUT2D eigenvalue weighted by molar-refractivity contribution is 9.10. The molecule has 7 heteroatoms. The van der Waals surface area contributed by atoms with Crippen molar-refractivity contribution in [1.29, 1.82) is 0 Å². The van der Waals surface area contributed by atoms with Gasteiger partial charge in [0.25, 0.3) is 5.69 Å². The fourth-order valence-corrected chi connectivity index (χ4v) is 2.99. The Labute approximate surface area is 141 Å². The van der Waals surface area contributed by atoms with Crippen LogP contribution in [0, 0.1) is 15.9 Å². The van der Waals surface area contributed by atoms with Crippen LogP contribution in [0.3, 0.4) is 0 Å². The maximum Gasteiger partial charge on any atom is 0.272 e. The Kier molecular flexibility index (Phi) is 4.47. The number of halogens is 2. The Morgan fingerprint density at radius 2 is 1.61 bits per heavy atom. The van der Waals surface area contributed by atoms with Gasteiger partial charge in [0.1, 0.15) is 0 Å². The first-order valence-electron chi connectivity index (χ1n) is 7.24. The third-order valence-corrected chi connectivity index (χ3v) is 4.48. The molecule has 0 bridgehead atoms. The summed E-state index contributed by atoms with van der Waals surface area (Å²) in [5.74, 6) is -0.545. The number of hydrogen-bond donors (Lipinski definition) is 0. The maximum absolute atomic E-state index is 14.1. The van der Waals surface area contributed by atoms with Crippen molar-refractivity contribution in [2.45, 2.75) is 0 Å². The van der Waals surface area contributed by atoms with E-state index in [4.69, 9.17) is 0 Å². The number of nitro groups is 1. The van der Waals surface area contributed by atoms with Crippen LogP contribution in [-0.2, 0) is 0 Å². The van der Waals surface area contributed by atoms with E-state index in [1.54, 1.807) is 0 Å². The number of hydrogen-bond acceptors (Lipinski definition) is 4. The number of rotatable bonds is 3. The van der Waals surface area contributed by atoms with Gasteiger partial charge < -0.3 is 9.80 Å². The molecule has 1 aliphatic rings. The van der Waals surface area contributed by atoms with Crippen LogP contribution in [0.5, 0.6) is 0 Å². The molecule has 0 aliphatic carbocycles. The minimum absolute atomic E-state index is 0.222. The van der Waals surface area contributed by atoms with Gasteiger partial charge in [-0.25, -0.2) is 4.39 Å². The van der Waals surface area contributed by atoms with Gasteiger partial charge in [0, 0.05) is 42.4 Å². The van der Waals surface area contributed by atoms with Gasteiger partial charge >= 0.3 is 0 Å². The van der Waals surface area contributed by atoms with Crippen LogP contribution in [0.1, 0.15) is 0 Å². The van der Waals surface area contributed by atoms with Crippen molar-refractivity contribution < 1.29 is 9.31 Å². The molecule has 0 amide bonds. The molecule has 0 unspecified atom stereocenters. The average molecular weight is 380 g/mol. The fourth-order valence-electron chi connectivity index (χ4n) is 2.72. The lowest BCUT2D eigenvalue weighted by atomic mass is 10.2. The molecule has 1 heterocycles. The van der Waals surface area contributed by atoms with Crippen molar-refractivity contribution in [3.63, 3.8) is 0 Å². The molecule has 0 radical (unpaired) electrons. The number of nitrogens with zero attached hydrogens (tertiary/aromatic N) is 3. The Hall–Kier alpha value is -2.15. The standard InChI is InChI=1S/C16H15BrFN3O2/c17-12-1-3-13(4-2-12)19-7-9-20(10-8-19)16-6-5-14(21(22)23)11-15(16)18/h1-6,11H,7-10H2. The van der Waals surface area contributed by atoms with Crippen molar-refractivity contribution in [3.8, 4) is 0 Å². The van der Waals surface area contributed by atoms with E-state index in [0.717, 1.165) is 29.3 Å². The smallest absolute Gasteiger partial charge is 0.272 e. The van der Waals surface area contributed by atoms with Crippen LogP contribution >= 0.6 is 15.9 Å². The topological polar surface area (TPSA) is 49.6 Å². The summed E-state index contributed by atoms with van der Waals surface area (Å²) in [6, 6.07) is 11.9. The molecular weight excluding hydrogens is 365 g/mol. The van der Waals surface area contributed by atoms with E-state index in [-0.39, 0.29) is 5.69 Å². The molecule has 2 aromatic rings. The largest absolute Gasteiger partial charge is 0.368 e. The highest BCUT2D eigenvalue weighted by Gasteiger charge is 2.21. The fraction of sp³-hybridized carbons (Fsp3) is 0.250. The summed E-state index contributed by atoms with van der Waals surface area (Å²) in [4.78, 5) is 14.3. The summed E-state index contributed by atoms with van der Waals surface area (Å²) >= 11 is 3.42. The summed E-state index contributed by atoms with van der Waals surface area (Å²) in [6.45, 7) is 2.89. The summed E-state index contributed by atoms with van der Waals surface area (Å²) in [5.41, 5.74) is 1.34. The van der Waals surface area contributed by atoms with Crippen molar-refractivity contribution in [2.75, 3.05) is 36.0 Å². The van der Waals surface area contributed by atoms with Crippen molar-refractivity contribution in [3.05, 3.63) is 62.9 Å². The molecule has 23 heavy (non-hydrogen) atoms. The van der Waals surface area contributed by atoms with Crippen LogP contribution < -0.4 is 9.80 Å². The van der Waals surface area contributed by atoms with E-state index in [0.29, 0.717) is 18.8 Å². The van der Waals surface area contributed by atoms with Crippen molar-refractivity contribution in [2.24, 2.45) is 0 Å². The molecule has 3 rings (SSSR count). The lowest BCUT2D eigenvalue weighted by Gasteiger charge is -2.37. The predicted octanol–water partition coefficient (Wildman–Crippen LogP) is 3.82.